The van der Waals surface area contributed by atoms with Crippen molar-refractivity contribution >= 4 is 0 Å². The van der Waals surface area contributed by atoms with E-state index < -0.39 is 0 Å². The number of aryl methyl sites for hydroxylation is 1. The van der Waals surface area contributed by atoms with E-state index in [0.29, 0.717) is 6.10 Å². The molecule has 0 atom stereocenters. The number of likely N-dealkylation sites (N-methyl/N-ethyl adjacent to an activating group) is 1. The SMILES string of the molecule is CCN1CCN(CC2CCN(CC3CC(Oc4cc(C)ccn4)C3)CC2)CC1. The summed E-state index contributed by atoms with van der Waals surface area (Å²) in [5.41, 5.74) is 1.22. The van der Waals surface area contributed by atoms with Crippen molar-refractivity contribution in [1.82, 2.24) is 19.7 Å². The number of pyridine rings is 1. The molecule has 3 aliphatic rings. The second-order valence-electron chi connectivity index (χ2n) is 9.23. The fourth-order valence-electron chi connectivity index (χ4n) is 5.03. The molecule has 2 saturated heterocycles. The van der Waals surface area contributed by atoms with Gasteiger partial charge in [-0.05, 0) is 75.7 Å². The second kappa shape index (κ2) is 9.55. The van der Waals surface area contributed by atoms with Gasteiger partial charge in [0.1, 0.15) is 6.10 Å². The lowest BCUT2D eigenvalue weighted by molar-refractivity contribution is 0.0292. The molecule has 0 bridgehead atoms. The zero-order valence-corrected chi connectivity index (χ0v) is 17.9. The Labute approximate surface area is 171 Å². The van der Waals surface area contributed by atoms with E-state index in [4.69, 9.17) is 4.74 Å². The summed E-state index contributed by atoms with van der Waals surface area (Å²) < 4.78 is 6.03. The van der Waals surface area contributed by atoms with Crippen molar-refractivity contribution in [3.05, 3.63) is 23.9 Å². The molecule has 1 aliphatic carbocycles. The maximum Gasteiger partial charge on any atom is 0.213 e. The highest BCUT2D eigenvalue weighted by atomic mass is 16.5. The average molecular weight is 387 g/mol. The number of likely N-dealkylation sites (tertiary alicyclic amines) is 1. The van der Waals surface area contributed by atoms with Crippen molar-refractivity contribution in [3.8, 4) is 5.88 Å². The van der Waals surface area contributed by atoms with Gasteiger partial charge in [-0.2, -0.15) is 0 Å². The Morgan fingerprint density at radius 1 is 0.929 bits per heavy atom. The summed E-state index contributed by atoms with van der Waals surface area (Å²) in [6, 6.07) is 4.06. The average Bonchev–Trinajstić information content (AvgIpc) is 2.68. The van der Waals surface area contributed by atoms with E-state index in [1.165, 1.54) is 90.1 Å². The second-order valence-corrected chi connectivity index (χ2v) is 9.23. The summed E-state index contributed by atoms with van der Waals surface area (Å²) in [6.45, 7) is 15.8. The molecule has 0 aromatic carbocycles. The topological polar surface area (TPSA) is 31.8 Å². The Balaban J connectivity index is 1.10. The van der Waals surface area contributed by atoms with E-state index in [2.05, 4.69) is 33.5 Å². The van der Waals surface area contributed by atoms with Gasteiger partial charge in [-0.1, -0.05) is 6.92 Å². The first-order valence-corrected chi connectivity index (χ1v) is 11.4. The quantitative estimate of drug-likeness (QED) is 0.719. The largest absolute Gasteiger partial charge is 0.474 e. The monoisotopic (exact) mass is 386 g/mol. The predicted molar refractivity (Wildman–Crippen MR) is 114 cm³/mol. The first kappa shape index (κ1) is 20.1. The van der Waals surface area contributed by atoms with Crippen LogP contribution in [0.25, 0.3) is 0 Å². The van der Waals surface area contributed by atoms with Crippen molar-refractivity contribution in [3.63, 3.8) is 0 Å². The lowest BCUT2D eigenvalue weighted by Crippen LogP contribution is -2.49. The lowest BCUT2D eigenvalue weighted by Gasteiger charge is -2.41. The summed E-state index contributed by atoms with van der Waals surface area (Å²) in [6.07, 6.45) is 7.36. The van der Waals surface area contributed by atoms with Crippen molar-refractivity contribution in [2.45, 2.75) is 45.6 Å². The Bertz CT molecular complexity index is 602. The smallest absolute Gasteiger partial charge is 0.213 e. The van der Waals surface area contributed by atoms with Gasteiger partial charge >= 0.3 is 0 Å². The fraction of sp³-hybridized carbons (Fsp3) is 0.783. The van der Waals surface area contributed by atoms with Gasteiger partial charge in [0.2, 0.25) is 5.88 Å². The Morgan fingerprint density at radius 2 is 1.57 bits per heavy atom. The standard InChI is InChI=1S/C23H38N4O/c1-3-25-10-12-27(13-11-25)17-20-5-8-26(9-6-20)18-21-15-22(16-21)28-23-14-19(2)4-7-24-23/h4,7,14,20-22H,3,5-6,8-13,15-18H2,1-2H3. The zero-order chi connectivity index (χ0) is 19.3. The van der Waals surface area contributed by atoms with Gasteiger partial charge in [-0.25, -0.2) is 4.98 Å². The lowest BCUT2D eigenvalue weighted by atomic mass is 9.81. The molecular formula is C23H38N4O. The summed E-state index contributed by atoms with van der Waals surface area (Å²) in [4.78, 5) is 12.3. The molecule has 156 valence electrons. The summed E-state index contributed by atoms with van der Waals surface area (Å²) >= 11 is 0. The fourth-order valence-corrected chi connectivity index (χ4v) is 5.03. The van der Waals surface area contributed by atoms with Gasteiger partial charge in [-0.3, -0.25) is 0 Å². The van der Waals surface area contributed by atoms with Gasteiger partial charge in [0, 0.05) is 51.5 Å². The Morgan fingerprint density at radius 3 is 2.25 bits per heavy atom. The number of hydrogen-bond acceptors (Lipinski definition) is 5. The number of piperazine rings is 1. The molecule has 4 rings (SSSR count). The highest BCUT2D eigenvalue weighted by Crippen LogP contribution is 2.32. The molecule has 1 aromatic rings. The summed E-state index contributed by atoms with van der Waals surface area (Å²) in [5, 5.41) is 0. The van der Waals surface area contributed by atoms with E-state index in [1.54, 1.807) is 0 Å². The molecule has 2 aliphatic heterocycles. The third-order valence-electron chi connectivity index (χ3n) is 7.02. The van der Waals surface area contributed by atoms with Crippen LogP contribution in [-0.4, -0.2) is 84.7 Å². The number of hydrogen-bond donors (Lipinski definition) is 0. The van der Waals surface area contributed by atoms with E-state index in [9.17, 15) is 0 Å². The van der Waals surface area contributed by atoms with Crippen molar-refractivity contribution in [2.24, 2.45) is 11.8 Å². The number of piperidine rings is 1. The minimum Gasteiger partial charge on any atom is -0.474 e. The molecule has 5 heteroatoms. The van der Waals surface area contributed by atoms with Crippen LogP contribution in [0, 0.1) is 18.8 Å². The van der Waals surface area contributed by atoms with Crippen LogP contribution in [0.1, 0.15) is 38.2 Å². The van der Waals surface area contributed by atoms with E-state index in [0.717, 1.165) is 17.7 Å². The van der Waals surface area contributed by atoms with Crippen molar-refractivity contribution < 1.29 is 4.74 Å². The highest BCUT2D eigenvalue weighted by molar-refractivity contribution is 5.19. The molecular weight excluding hydrogens is 348 g/mol. The molecule has 3 heterocycles. The molecule has 0 spiro atoms. The Hall–Kier alpha value is -1.17. The molecule has 0 N–H and O–H groups in total. The highest BCUT2D eigenvalue weighted by Gasteiger charge is 2.33. The van der Waals surface area contributed by atoms with Gasteiger partial charge in [-0.15, -0.1) is 0 Å². The van der Waals surface area contributed by atoms with Crippen LogP contribution in [0.4, 0.5) is 0 Å². The first-order valence-electron chi connectivity index (χ1n) is 11.4. The van der Waals surface area contributed by atoms with E-state index >= 15 is 0 Å². The molecule has 0 radical (unpaired) electrons. The molecule has 0 unspecified atom stereocenters. The maximum atomic E-state index is 6.03. The predicted octanol–water partition coefficient (Wildman–Crippen LogP) is 2.90. The van der Waals surface area contributed by atoms with Gasteiger partial charge in [0.15, 0.2) is 0 Å². The number of ether oxygens (including phenoxy) is 1. The summed E-state index contributed by atoms with van der Waals surface area (Å²) in [5.74, 6) is 2.52. The van der Waals surface area contributed by atoms with Gasteiger partial charge in [0.25, 0.3) is 0 Å². The minimum atomic E-state index is 0.374. The van der Waals surface area contributed by atoms with Crippen LogP contribution < -0.4 is 4.74 Å². The van der Waals surface area contributed by atoms with Gasteiger partial charge < -0.3 is 19.4 Å². The molecule has 28 heavy (non-hydrogen) atoms. The molecule has 5 nitrogen and oxygen atoms in total. The number of aromatic nitrogens is 1. The zero-order valence-electron chi connectivity index (χ0n) is 17.9. The van der Waals surface area contributed by atoms with Crippen LogP contribution in [0.5, 0.6) is 5.88 Å². The summed E-state index contributed by atoms with van der Waals surface area (Å²) in [7, 11) is 0. The molecule has 3 fully saturated rings. The normalized spacial score (nSPS) is 28.2. The molecule has 1 aromatic heterocycles. The van der Waals surface area contributed by atoms with Crippen LogP contribution in [-0.2, 0) is 0 Å². The van der Waals surface area contributed by atoms with E-state index in [-0.39, 0.29) is 0 Å². The minimum absolute atomic E-state index is 0.374. The third kappa shape index (κ3) is 5.46. The van der Waals surface area contributed by atoms with Crippen LogP contribution in [0.15, 0.2) is 18.3 Å². The van der Waals surface area contributed by atoms with Crippen molar-refractivity contribution in [1.29, 1.82) is 0 Å². The van der Waals surface area contributed by atoms with Crippen LogP contribution in [0.2, 0.25) is 0 Å². The van der Waals surface area contributed by atoms with Gasteiger partial charge in [0.05, 0.1) is 0 Å². The number of nitrogens with zero attached hydrogens (tertiary/aromatic N) is 4. The third-order valence-corrected chi connectivity index (χ3v) is 7.02. The molecule has 1 saturated carbocycles. The van der Waals surface area contributed by atoms with Crippen LogP contribution in [0.3, 0.4) is 0 Å². The van der Waals surface area contributed by atoms with E-state index in [1.807, 2.05) is 18.3 Å². The number of rotatable bonds is 7. The molecule has 0 amide bonds. The maximum absolute atomic E-state index is 6.03. The van der Waals surface area contributed by atoms with Crippen molar-refractivity contribution in [2.75, 3.05) is 58.9 Å². The van der Waals surface area contributed by atoms with Crippen LogP contribution >= 0.6 is 0 Å². The first-order chi connectivity index (χ1) is 13.7. The Kier molecular flexibility index (Phi) is 6.86.